The Morgan fingerprint density at radius 3 is 2.33 bits per heavy atom. The van der Waals surface area contributed by atoms with Crippen LogP contribution in [0.5, 0.6) is 0 Å². The van der Waals surface area contributed by atoms with Gasteiger partial charge in [0.25, 0.3) is 11.8 Å². The molecule has 0 atom stereocenters. The minimum absolute atomic E-state index is 0.0255. The van der Waals surface area contributed by atoms with Gasteiger partial charge in [0, 0.05) is 18.4 Å². The highest BCUT2D eigenvalue weighted by Gasteiger charge is 2.23. The lowest BCUT2D eigenvalue weighted by atomic mass is 9.96. The van der Waals surface area contributed by atoms with Crippen molar-refractivity contribution < 1.29 is 19.2 Å². The maximum absolute atomic E-state index is 12.8. The van der Waals surface area contributed by atoms with E-state index in [4.69, 9.17) is 5.73 Å². The van der Waals surface area contributed by atoms with Crippen LogP contribution in [0.15, 0.2) is 30.3 Å². The van der Waals surface area contributed by atoms with Crippen LogP contribution >= 0.6 is 11.3 Å². The third-order valence-corrected chi connectivity index (χ3v) is 5.27. The Morgan fingerprint density at radius 2 is 1.70 bits per heavy atom. The fourth-order valence-electron chi connectivity index (χ4n) is 2.43. The zero-order valence-corrected chi connectivity index (χ0v) is 18.2. The van der Waals surface area contributed by atoms with Gasteiger partial charge in [0.1, 0.15) is 0 Å². The molecule has 2 aromatic rings. The number of thiophene rings is 1. The minimum Gasteiger partial charge on any atom is -0.370 e. The van der Waals surface area contributed by atoms with Crippen molar-refractivity contribution >= 4 is 45.7 Å². The molecule has 9 heteroatoms. The normalized spacial score (nSPS) is 10.9. The first kappa shape index (κ1) is 23.1. The molecule has 0 spiro atoms. The number of amides is 4. The maximum atomic E-state index is 12.8. The summed E-state index contributed by atoms with van der Waals surface area (Å²) in [6.07, 6.45) is 0.0255. The van der Waals surface area contributed by atoms with Crippen molar-refractivity contribution in [1.82, 2.24) is 5.32 Å². The van der Waals surface area contributed by atoms with Gasteiger partial charge in [0.2, 0.25) is 11.8 Å². The van der Waals surface area contributed by atoms with Gasteiger partial charge in [-0.05, 0) is 30.7 Å². The van der Waals surface area contributed by atoms with E-state index in [1.54, 1.807) is 37.3 Å². The quantitative estimate of drug-likeness (QED) is 0.538. The van der Waals surface area contributed by atoms with E-state index in [9.17, 15) is 19.2 Å². The molecule has 5 N–H and O–H groups in total. The highest BCUT2D eigenvalue weighted by Crippen LogP contribution is 2.29. The fraction of sp³-hybridized carbons (Fsp3) is 0.333. The summed E-state index contributed by atoms with van der Waals surface area (Å²) in [7, 11) is 0. The highest BCUT2D eigenvalue weighted by atomic mass is 32.1. The number of primary amides is 1. The largest absolute Gasteiger partial charge is 0.370 e. The summed E-state index contributed by atoms with van der Waals surface area (Å²) in [5.41, 5.74) is 5.84. The molecule has 0 aliphatic carbocycles. The number of hydrogen-bond donors (Lipinski definition) is 4. The SMILES string of the molecule is Cc1cc(NC(=O)C(C)(C)C)sc1C(=O)Nc1ccccc1C(=O)NCCC(N)=O. The van der Waals surface area contributed by atoms with Crippen LogP contribution in [0.25, 0.3) is 0 Å². The van der Waals surface area contributed by atoms with Crippen LogP contribution in [0, 0.1) is 12.3 Å². The molecule has 1 heterocycles. The topological polar surface area (TPSA) is 130 Å². The minimum atomic E-state index is -0.554. The van der Waals surface area contributed by atoms with Gasteiger partial charge in [-0.15, -0.1) is 11.3 Å². The van der Waals surface area contributed by atoms with E-state index < -0.39 is 17.2 Å². The molecule has 0 radical (unpaired) electrons. The summed E-state index contributed by atoms with van der Waals surface area (Å²) in [4.78, 5) is 48.6. The number of nitrogens with one attached hydrogen (secondary N) is 3. The molecule has 1 aromatic carbocycles. The smallest absolute Gasteiger partial charge is 0.266 e. The van der Waals surface area contributed by atoms with Crippen molar-refractivity contribution in [2.45, 2.75) is 34.1 Å². The first-order chi connectivity index (χ1) is 14.0. The number of anilines is 2. The van der Waals surface area contributed by atoms with Crippen LogP contribution in [0.1, 0.15) is 52.8 Å². The summed E-state index contributed by atoms with van der Waals surface area (Å²) >= 11 is 1.17. The van der Waals surface area contributed by atoms with E-state index >= 15 is 0 Å². The predicted octanol–water partition coefficient (Wildman–Crippen LogP) is 2.90. The summed E-state index contributed by atoms with van der Waals surface area (Å²) in [5.74, 6) is -1.47. The Kier molecular flexibility index (Phi) is 7.33. The van der Waals surface area contributed by atoms with Crippen molar-refractivity contribution in [3.05, 3.63) is 46.3 Å². The van der Waals surface area contributed by atoms with Gasteiger partial charge in [-0.1, -0.05) is 32.9 Å². The number of hydrogen-bond acceptors (Lipinski definition) is 5. The standard InChI is InChI=1S/C21H26N4O4S/c1-12-11-16(25-20(29)21(2,3)4)30-17(12)19(28)24-14-8-6-5-7-13(14)18(27)23-10-9-15(22)26/h5-8,11H,9-10H2,1-4H3,(H2,22,26)(H,23,27)(H,24,28)(H,25,29). The maximum Gasteiger partial charge on any atom is 0.266 e. The van der Waals surface area contributed by atoms with E-state index in [0.29, 0.717) is 21.1 Å². The van der Waals surface area contributed by atoms with E-state index in [2.05, 4.69) is 16.0 Å². The van der Waals surface area contributed by atoms with Gasteiger partial charge in [-0.2, -0.15) is 0 Å². The van der Waals surface area contributed by atoms with Gasteiger partial charge in [0.05, 0.1) is 21.1 Å². The second-order valence-corrected chi connectivity index (χ2v) is 8.85. The van der Waals surface area contributed by atoms with Crippen molar-refractivity contribution in [1.29, 1.82) is 0 Å². The van der Waals surface area contributed by atoms with Crippen LogP contribution in [-0.2, 0) is 9.59 Å². The zero-order chi connectivity index (χ0) is 22.5. The molecule has 30 heavy (non-hydrogen) atoms. The Morgan fingerprint density at radius 1 is 1.03 bits per heavy atom. The monoisotopic (exact) mass is 430 g/mol. The van der Waals surface area contributed by atoms with Crippen LogP contribution in [0.3, 0.4) is 0 Å². The second kappa shape index (κ2) is 9.53. The molecule has 160 valence electrons. The van der Waals surface area contributed by atoms with E-state index in [1.165, 1.54) is 11.3 Å². The summed E-state index contributed by atoms with van der Waals surface area (Å²) in [6.45, 7) is 7.31. The van der Waals surface area contributed by atoms with E-state index in [0.717, 1.165) is 0 Å². The molecular formula is C21H26N4O4S. The molecule has 0 saturated heterocycles. The average Bonchev–Trinajstić information content (AvgIpc) is 3.01. The number of benzene rings is 1. The Bertz CT molecular complexity index is 976. The van der Waals surface area contributed by atoms with Crippen molar-refractivity contribution in [3.8, 4) is 0 Å². The van der Waals surface area contributed by atoms with Crippen molar-refractivity contribution in [3.63, 3.8) is 0 Å². The Labute approximate surface area is 179 Å². The molecule has 0 saturated carbocycles. The van der Waals surface area contributed by atoms with E-state index in [-0.39, 0.29) is 30.3 Å². The molecule has 0 fully saturated rings. The number of para-hydroxylation sites is 1. The molecule has 0 bridgehead atoms. The van der Waals surface area contributed by atoms with Crippen LogP contribution < -0.4 is 21.7 Å². The van der Waals surface area contributed by atoms with E-state index in [1.807, 2.05) is 20.8 Å². The van der Waals surface area contributed by atoms with Crippen molar-refractivity contribution in [2.24, 2.45) is 11.1 Å². The molecule has 0 aliphatic heterocycles. The lowest BCUT2D eigenvalue weighted by molar-refractivity contribution is -0.123. The first-order valence-electron chi connectivity index (χ1n) is 9.38. The predicted molar refractivity (Wildman–Crippen MR) is 118 cm³/mol. The molecule has 0 aliphatic rings. The number of nitrogens with two attached hydrogens (primary N) is 1. The lowest BCUT2D eigenvalue weighted by Gasteiger charge is -2.16. The lowest BCUT2D eigenvalue weighted by Crippen LogP contribution is -2.28. The molecule has 0 unspecified atom stereocenters. The third kappa shape index (κ3) is 6.15. The average molecular weight is 431 g/mol. The van der Waals surface area contributed by atoms with Gasteiger partial charge in [-0.25, -0.2) is 0 Å². The molecule has 1 aromatic heterocycles. The van der Waals surface area contributed by atoms with Crippen molar-refractivity contribution in [2.75, 3.05) is 17.2 Å². The number of aryl methyl sites for hydroxylation is 1. The molecule has 2 rings (SSSR count). The Balaban J connectivity index is 2.14. The number of rotatable bonds is 7. The van der Waals surface area contributed by atoms with Gasteiger partial charge in [0.15, 0.2) is 0 Å². The zero-order valence-electron chi connectivity index (χ0n) is 17.4. The molecule has 8 nitrogen and oxygen atoms in total. The van der Waals surface area contributed by atoms with Gasteiger partial charge < -0.3 is 21.7 Å². The van der Waals surface area contributed by atoms with Crippen LogP contribution in [0.2, 0.25) is 0 Å². The third-order valence-electron chi connectivity index (χ3n) is 4.12. The molecular weight excluding hydrogens is 404 g/mol. The molecule has 4 amide bonds. The number of carbonyl (C=O) groups excluding carboxylic acids is 4. The first-order valence-corrected chi connectivity index (χ1v) is 10.2. The van der Waals surface area contributed by atoms with Gasteiger partial charge in [-0.3, -0.25) is 19.2 Å². The second-order valence-electron chi connectivity index (χ2n) is 7.80. The fourth-order valence-corrected chi connectivity index (χ4v) is 3.40. The summed E-state index contributed by atoms with van der Waals surface area (Å²) in [6, 6.07) is 8.31. The Hall–Kier alpha value is -3.20. The van der Waals surface area contributed by atoms with Crippen LogP contribution in [-0.4, -0.2) is 30.2 Å². The van der Waals surface area contributed by atoms with Gasteiger partial charge >= 0.3 is 0 Å². The highest BCUT2D eigenvalue weighted by molar-refractivity contribution is 7.18. The summed E-state index contributed by atoms with van der Waals surface area (Å²) in [5, 5.41) is 8.75. The van der Waals surface area contributed by atoms with Crippen LogP contribution in [0.4, 0.5) is 10.7 Å². The summed E-state index contributed by atoms with van der Waals surface area (Å²) < 4.78 is 0. The number of carbonyl (C=O) groups is 4.